The van der Waals surface area contributed by atoms with E-state index in [2.05, 4.69) is 20.2 Å². The Morgan fingerprint density at radius 2 is 1.81 bits per heavy atom. The number of hydrogen-bond donors (Lipinski definition) is 2. The van der Waals surface area contributed by atoms with Crippen molar-refractivity contribution in [1.82, 2.24) is 14.1 Å². The Labute approximate surface area is 220 Å². The number of halogens is 1. The fourth-order valence-corrected chi connectivity index (χ4v) is 5.39. The third-order valence-corrected chi connectivity index (χ3v) is 7.82. The van der Waals surface area contributed by atoms with Gasteiger partial charge in [0, 0.05) is 17.3 Å². The van der Waals surface area contributed by atoms with E-state index in [4.69, 9.17) is 21.4 Å². The minimum atomic E-state index is -3.71. The monoisotopic (exact) mass is 541 g/mol. The number of benzene rings is 2. The number of hydrogen-bond acceptors (Lipinski definition) is 5. The van der Waals surface area contributed by atoms with Crippen molar-refractivity contribution in [3.05, 3.63) is 95.5 Å². The first-order valence-corrected chi connectivity index (χ1v) is 13.8. The van der Waals surface area contributed by atoms with Crippen molar-refractivity contribution in [2.75, 3.05) is 13.2 Å². The van der Waals surface area contributed by atoms with Crippen molar-refractivity contribution in [1.29, 1.82) is 0 Å². The number of aliphatic carboxylic acids is 1. The normalized spacial score (nSPS) is 12.5. The molecule has 1 unspecified atom stereocenters. The van der Waals surface area contributed by atoms with Gasteiger partial charge >= 0.3 is 5.97 Å². The third kappa shape index (κ3) is 7.31. The number of nitrogens with zero attached hydrogens (tertiary/aromatic N) is 2. The molecule has 10 heteroatoms. The number of carbonyl (C=O) groups is 1. The van der Waals surface area contributed by atoms with E-state index in [0.29, 0.717) is 10.8 Å². The summed E-state index contributed by atoms with van der Waals surface area (Å²) < 4.78 is 35.8. The minimum Gasteiger partial charge on any atom is -0.482 e. The van der Waals surface area contributed by atoms with Crippen LogP contribution in [0.25, 0.3) is 5.52 Å². The van der Waals surface area contributed by atoms with E-state index in [0.717, 1.165) is 36.8 Å². The number of aryl methyl sites for hydroxylation is 1. The summed E-state index contributed by atoms with van der Waals surface area (Å²) in [6.07, 6.45) is 7.09. The molecule has 0 aliphatic rings. The van der Waals surface area contributed by atoms with Crippen LogP contribution >= 0.6 is 11.6 Å². The van der Waals surface area contributed by atoms with Crippen LogP contribution < -0.4 is 9.46 Å². The number of aromatic nitrogens is 2. The van der Waals surface area contributed by atoms with Crippen molar-refractivity contribution in [3.63, 3.8) is 0 Å². The smallest absolute Gasteiger partial charge is 0.341 e. The van der Waals surface area contributed by atoms with Crippen LogP contribution in [0.1, 0.15) is 36.4 Å². The van der Waals surface area contributed by atoms with Gasteiger partial charge in [-0.1, -0.05) is 36.2 Å². The number of fused-ring (bicyclic) bond motifs is 1. The van der Waals surface area contributed by atoms with Gasteiger partial charge in [0.1, 0.15) is 5.75 Å². The number of carboxylic acid groups (broad SMARTS) is 1. The molecule has 0 aliphatic carbocycles. The molecule has 0 fully saturated rings. The van der Waals surface area contributed by atoms with Gasteiger partial charge in [-0.25, -0.2) is 22.9 Å². The molecule has 0 spiro atoms. The van der Waals surface area contributed by atoms with Gasteiger partial charge in [0.2, 0.25) is 10.0 Å². The van der Waals surface area contributed by atoms with Gasteiger partial charge in [-0.2, -0.15) is 0 Å². The van der Waals surface area contributed by atoms with Crippen LogP contribution in [0.3, 0.4) is 0 Å². The summed E-state index contributed by atoms with van der Waals surface area (Å²) in [5.41, 5.74) is 3.17. The summed E-state index contributed by atoms with van der Waals surface area (Å²) in [7, 11) is -3.71. The zero-order valence-electron chi connectivity index (χ0n) is 20.1. The number of unbranched alkanes of at least 4 members (excludes halogenated alkanes) is 1. The largest absolute Gasteiger partial charge is 0.482 e. The SMILES string of the molecule is O=C(O)COc1ccc(C(CCCCc2cccc3cncn23)CNS(=O)(=O)c2ccc(Cl)cc2)cc1. The predicted octanol–water partition coefficient (Wildman–Crippen LogP) is 4.93. The topological polar surface area (TPSA) is 110 Å². The molecule has 0 radical (unpaired) electrons. The standard InChI is InChI=1S/C27H28ClN3O5S/c28-22-10-14-26(15-11-22)37(34,35)30-16-21(20-8-12-25(13-9-20)36-18-27(32)33)4-1-2-5-23-6-3-7-24-17-29-19-31(23)24/h3,6-15,17,19,21,30H,1-2,4-5,16,18H2,(H,32,33). The number of sulfonamides is 1. The Balaban J connectivity index is 1.42. The van der Waals surface area contributed by atoms with Crippen LogP contribution in [-0.4, -0.2) is 42.0 Å². The lowest BCUT2D eigenvalue weighted by Crippen LogP contribution is -2.28. The van der Waals surface area contributed by atoms with Crippen molar-refractivity contribution in [2.45, 2.75) is 36.5 Å². The van der Waals surface area contributed by atoms with E-state index in [-0.39, 0.29) is 17.4 Å². The molecular weight excluding hydrogens is 514 g/mol. The molecule has 0 aliphatic heterocycles. The maximum atomic E-state index is 12.9. The van der Waals surface area contributed by atoms with Gasteiger partial charge in [0.05, 0.1) is 22.9 Å². The highest BCUT2D eigenvalue weighted by Gasteiger charge is 2.19. The maximum Gasteiger partial charge on any atom is 0.341 e. The van der Waals surface area contributed by atoms with Crippen molar-refractivity contribution < 1.29 is 23.1 Å². The van der Waals surface area contributed by atoms with Crippen molar-refractivity contribution in [2.24, 2.45) is 0 Å². The predicted molar refractivity (Wildman–Crippen MR) is 142 cm³/mol. The minimum absolute atomic E-state index is 0.0837. The summed E-state index contributed by atoms with van der Waals surface area (Å²) in [6.45, 7) is -0.204. The Hall–Kier alpha value is -3.40. The number of rotatable bonds is 13. The lowest BCUT2D eigenvalue weighted by Gasteiger charge is -2.19. The number of nitrogens with one attached hydrogen (secondary N) is 1. The fourth-order valence-electron chi connectivity index (χ4n) is 4.18. The first kappa shape index (κ1) is 26.7. The highest BCUT2D eigenvalue weighted by atomic mass is 35.5. The van der Waals surface area contributed by atoms with Gasteiger partial charge in [-0.3, -0.25) is 0 Å². The molecule has 2 heterocycles. The van der Waals surface area contributed by atoms with Gasteiger partial charge in [0.15, 0.2) is 6.61 Å². The quantitative estimate of drug-likeness (QED) is 0.232. The highest BCUT2D eigenvalue weighted by Crippen LogP contribution is 2.26. The molecule has 0 bridgehead atoms. The van der Waals surface area contributed by atoms with Crippen LogP contribution in [0.2, 0.25) is 5.02 Å². The summed E-state index contributed by atoms with van der Waals surface area (Å²) in [6, 6.07) is 19.3. The zero-order valence-corrected chi connectivity index (χ0v) is 21.7. The van der Waals surface area contributed by atoms with E-state index in [9.17, 15) is 13.2 Å². The Morgan fingerprint density at radius 1 is 1.05 bits per heavy atom. The number of ether oxygens (including phenoxy) is 1. The first-order chi connectivity index (χ1) is 17.8. The Kier molecular flexibility index (Phi) is 8.81. The molecular formula is C27H28ClN3O5S. The summed E-state index contributed by atoms with van der Waals surface area (Å²) in [4.78, 5) is 15.1. The molecule has 0 amide bonds. The molecule has 0 saturated heterocycles. The number of carboxylic acids is 1. The Morgan fingerprint density at radius 3 is 2.54 bits per heavy atom. The van der Waals surface area contributed by atoms with Gasteiger partial charge < -0.3 is 14.2 Å². The van der Waals surface area contributed by atoms with E-state index in [1.165, 1.54) is 17.8 Å². The number of imidazole rings is 1. The Bertz CT molecular complexity index is 1440. The highest BCUT2D eigenvalue weighted by molar-refractivity contribution is 7.89. The lowest BCUT2D eigenvalue weighted by atomic mass is 9.93. The summed E-state index contributed by atoms with van der Waals surface area (Å²) in [5.74, 6) is -0.690. The zero-order chi connectivity index (χ0) is 26.3. The third-order valence-electron chi connectivity index (χ3n) is 6.13. The van der Waals surface area contributed by atoms with Crippen molar-refractivity contribution >= 4 is 33.1 Å². The average Bonchev–Trinajstić information content (AvgIpc) is 3.37. The molecule has 4 rings (SSSR count). The van der Waals surface area contributed by atoms with Gasteiger partial charge in [-0.05, 0) is 79.3 Å². The van der Waals surface area contributed by atoms with E-state index >= 15 is 0 Å². The first-order valence-electron chi connectivity index (χ1n) is 11.9. The van der Waals surface area contributed by atoms with Gasteiger partial charge in [0.25, 0.3) is 0 Å². The van der Waals surface area contributed by atoms with E-state index in [1.807, 2.05) is 36.8 Å². The molecule has 2 aromatic carbocycles. The average molecular weight is 542 g/mol. The molecule has 37 heavy (non-hydrogen) atoms. The second-order valence-electron chi connectivity index (χ2n) is 8.71. The van der Waals surface area contributed by atoms with Gasteiger partial charge in [-0.15, -0.1) is 0 Å². The molecule has 0 saturated carbocycles. The lowest BCUT2D eigenvalue weighted by molar-refractivity contribution is -0.139. The number of pyridine rings is 1. The molecule has 2 aromatic heterocycles. The second-order valence-corrected chi connectivity index (χ2v) is 10.9. The molecule has 2 N–H and O–H groups in total. The van der Waals surface area contributed by atoms with Crippen LogP contribution in [0.5, 0.6) is 5.75 Å². The maximum absolute atomic E-state index is 12.9. The van der Waals surface area contributed by atoms with E-state index < -0.39 is 22.6 Å². The fraction of sp³-hybridized carbons (Fsp3) is 0.259. The molecule has 4 aromatic rings. The van der Waals surface area contributed by atoms with Crippen LogP contribution in [0, 0.1) is 0 Å². The molecule has 194 valence electrons. The van der Waals surface area contributed by atoms with E-state index in [1.54, 1.807) is 24.3 Å². The van der Waals surface area contributed by atoms with Crippen LogP contribution in [-0.2, 0) is 21.2 Å². The summed E-state index contributed by atoms with van der Waals surface area (Å²) >= 11 is 5.90. The second kappa shape index (κ2) is 12.2. The molecule has 1 atom stereocenters. The van der Waals surface area contributed by atoms with Crippen LogP contribution in [0.4, 0.5) is 0 Å². The summed E-state index contributed by atoms with van der Waals surface area (Å²) in [5, 5.41) is 9.29. The molecule has 8 nitrogen and oxygen atoms in total. The van der Waals surface area contributed by atoms with Crippen molar-refractivity contribution in [3.8, 4) is 5.75 Å². The van der Waals surface area contributed by atoms with Crippen LogP contribution in [0.15, 0.2) is 84.1 Å².